The smallest absolute Gasteiger partial charge is 0.330 e. The number of aromatic nitrogens is 3. The highest BCUT2D eigenvalue weighted by Crippen LogP contribution is 2.24. The van der Waals surface area contributed by atoms with Crippen LogP contribution in [0.15, 0.2) is 55.1 Å². The second-order valence-electron chi connectivity index (χ2n) is 5.79. The molecule has 1 unspecified atom stereocenters. The zero-order valence-corrected chi connectivity index (χ0v) is 13.9. The number of carbonyl (C=O) groups is 1. The van der Waals surface area contributed by atoms with Crippen LogP contribution in [0, 0.1) is 0 Å². The van der Waals surface area contributed by atoms with Crippen LogP contribution in [0.3, 0.4) is 0 Å². The number of aromatic hydroxyl groups is 1. The van der Waals surface area contributed by atoms with Gasteiger partial charge in [0.05, 0.1) is 6.10 Å². The van der Waals surface area contributed by atoms with Crippen LogP contribution < -0.4 is 0 Å². The molecule has 3 aromatic rings. The van der Waals surface area contributed by atoms with Gasteiger partial charge in [-0.1, -0.05) is 24.8 Å². The summed E-state index contributed by atoms with van der Waals surface area (Å²) in [7, 11) is 0. The Morgan fingerprint density at radius 1 is 1.28 bits per heavy atom. The summed E-state index contributed by atoms with van der Waals surface area (Å²) in [5.74, 6) is -0.318. The highest BCUT2D eigenvalue weighted by Gasteiger charge is 2.11. The SMILES string of the molecule is C=CC(=O)OC(C)CCc1ccc(O)c(-n2nc3ccccc3n2)c1. The van der Waals surface area contributed by atoms with Crippen molar-refractivity contribution in [3.05, 3.63) is 60.7 Å². The topological polar surface area (TPSA) is 77.2 Å². The number of ether oxygens (including phenoxy) is 1. The standard InChI is InChI=1S/C19H19N3O3/c1-3-19(24)25-13(2)8-9-14-10-11-18(23)17(12-14)22-20-15-6-4-5-7-16(15)21-22/h3-7,10-13,23H,1,8-9H2,2H3. The molecular formula is C19H19N3O3. The van der Waals surface area contributed by atoms with Crippen molar-refractivity contribution in [2.24, 2.45) is 0 Å². The third-order valence-electron chi connectivity index (χ3n) is 3.87. The van der Waals surface area contributed by atoms with Crippen LogP contribution in [-0.2, 0) is 16.0 Å². The summed E-state index contributed by atoms with van der Waals surface area (Å²) >= 11 is 0. The lowest BCUT2D eigenvalue weighted by molar-refractivity contribution is -0.142. The van der Waals surface area contributed by atoms with Gasteiger partial charge in [0.1, 0.15) is 22.5 Å². The number of aryl methyl sites for hydroxylation is 1. The zero-order chi connectivity index (χ0) is 17.8. The van der Waals surface area contributed by atoms with E-state index in [0.29, 0.717) is 18.5 Å². The predicted molar refractivity (Wildman–Crippen MR) is 94.6 cm³/mol. The van der Waals surface area contributed by atoms with Crippen LogP contribution in [0.5, 0.6) is 5.75 Å². The van der Waals surface area contributed by atoms with E-state index in [0.717, 1.165) is 22.7 Å². The van der Waals surface area contributed by atoms with Crippen molar-refractivity contribution < 1.29 is 14.6 Å². The monoisotopic (exact) mass is 337 g/mol. The van der Waals surface area contributed by atoms with Crippen molar-refractivity contribution in [3.63, 3.8) is 0 Å². The summed E-state index contributed by atoms with van der Waals surface area (Å²) in [5.41, 5.74) is 3.04. The van der Waals surface area contributed by atoms with E-state index < -0.39 is 5.97 Å². The van der Waals surface area contributed by atoms with Gasteiger partial charge in [0.2, 0.25) is 0 Å². The second kappa shape index (κ2) is 7.17. The molecular weight excluding hydrogens is 318 g/mol. The number of fused-ring (bicyclic) bond motifs is 1. The predicted octanol–water partition coefficient (Wildman–Crippen LogP) is 3.18. The second-order valence-corrected chi connectivity index (χ2v) is 5.79. The molecule has 25 heavy (non-hydrogen) atoms. The Kier molecular flexibility index (Phi) is 4.79. The summed E-state index contributed by atoms with van der Waals surface area (Å²) in [4.78, 5) is 12.6. The minimum Gasteiger partial charge on any atom is -0.506 e. The third kappa shape index (κ3) is 3.85. The van der Waals surface area contributed by atoms with Crippen LogP contribution >= 0.6 is 0 Å². The van der Waals surface area contributed by atoms with Crippen LogP contribution in [-0.4, -0.2) is 32.2 Å². The molecule has 1 heterocycles. The number of hydrogen-bond donors (Lipinski definition) is 1. The van der Waals surface area contributed by atoms with Crippen molar-refractivity contribution in [2.75, 3.05) is 0 Å². The first-order chi connectivity index (χ1) is 12.1. The van der Waals surface area contributed by atoms with Crippen LogP contribution in [0.1, 0.15) is 18.9 Å². The lowest BCUT2D eigenvalue weighted by atomic mass is 10.1. The molecule has 3 rings (SSSR count). The molecule has 0 saturated carbocycles. The van der Waals surface area contributed by atoms with E-state index in [1.807, 2.05) is 43.3 Å². The summed E-state index contributed by atoms with van der Waals surface area (Å²) < 4.78 is 5.16. The molecule has 2 aromatic carbocycles. The first kappa shape index (κ1) is 16.7. The summed E-state index contributed by atoms with van der Waals surface area (Å²) in [6.45, 7) is 5.22. The number of phenols is 1. The molecule has 128 valence electrons. The largest absolute Gasteiger partial charge is 0.506 e. The van der Waals surface area contributed by atoms with E-state index in [9.17, 15) is 9.90 Å². The Bertz CT molecular complexity index is 884. The van der Waals surface area contributed by atoms with Crippen molar-refractivity contribution in [1.29, 1.82) is 0 Å². The lowest BCUT2D eigenvalue weighted by Crippen LogP contribution is -2.13. The first-order valence-electron chi connectivity index (χ1n) is 8.04. The molecule has 6 nitrogen and oxygen atoms in total. The van der Waals surface area contributed by atoms with Crippen molar-refractivity contribution in [1.82, 2.24) is 15.0 Å². The average Bonchev–Trinajstić information content (AvgIpc) is 3.04. The molecule has 0 spiro atoms. The molecule has 6 heteroatoms. The highest BCUT2D eigenvalue weighted by molar-refractivity contribution is 5.81. The van der Waals surface area contributed by atoms with Gasteiger partial charge >= 0.3 is 5.97 Å². The van der Waals surface area contributed by atoms with Gasteiger partial charge in [-0.15, -0.1) is 15.0 Å². The molecule has 1 aromatic heterocycles. The Hall–Kier alpha value is -3.15. The number of nitrogens with zero attached hydrogens (tertiary/aromatic N) is 3. The zero-order valence-electron chi connectivity index (χ0n) is 13.9. The fraction of sp³-hybridized carbons (Fsp3) is 0.211. The van der Waals surface area contributed by atoms with E-state index in [4.69, 9.17) is 4.74 Å². The van der Waals surface area contributed by atoms with Crippen molar-refractivity contribution in [3.8, 4) is 11.4 Å². The Labute approximate surface area is 145 Å². The number of benzene rings is 2. The minimum absolute atomic E-state index is 0.107. The molecule has 0 aliphatic rings. The fourth-order valence-corrected chi connectivity index (χ4v) is 2.53. The lowest BCUT2D eigenvalue weighted by Gasteiger charge is -2.12. The van der Waals surface area contributed by atoms with Crippen LogP contribution in [0.2, 0.25) is 0 Å². The number of rotatable bonds is 6. The van der Waals surface area contributed by atoms with E-state index in [2.05, 4.69) is 16.8 Å². The van der Waals surface area contributed by atoms with Crippen LogP contribution in [0.25, 0.3) is 16.7 Å². The Balaban J connectivity index is 1.78. The third-order valence-corrected chi connectivity index (χ3v) is 3.87. The molecule has 1 atom stereocenters. The molecule has 0 saturated heterocycles. The van der Waals surface area contributed by atoms with Gasteiger partial charge in [0.25, 0.3) is 0 Å². The quantitative estimate of drug-likeness (QED) is 0.552. The fourth-order valence-electron chi connectivity index (χ4n) is 2.53. The van der Waals surface area contributed by atoms with Crippen molar-refractivity contribution in [2.45, 2.75) is 25.9 Å². The number of carbonyl (C=O) groups excluding carboxylic acids is 1. The molecule has 0 aliphatic carbocycles. The first-order valence-corrected chi connectivity index (χ1v) is 8.04. The average molecular weight is 337 g/mol. The molecule has 0 amide bonds. The summed E-state index contributed by atoms with van der Waals surface area (Å²) in [6.07, 6.45) is 2.30. The molecule has 0 radical (unpaired) electrons. The number of hydrogen-bond acceptors (Lipinski definition) is 5. The minimum atomic E-state index is -0.425. The van der Waals surface area contributed by atoms with Gasteiger partial charge in [0.15, 0.2) is 0 Å². The molecule has 0 bridgehead atoms. The summed E-state index contributed by atoms with van der Waals surface area (Å²) in [6, 6.07) is 12.8. The van der Waals surface area contributed by atoms with Crippen LogP contribution in [0.4, 0.5) is 0 Å². The molecule has 0 fully saturated rings. The van der Waals surface area contributed by atoms with Gasteiger partial charge in [-0.25, -0.2) is 4.79 Å². The van der Waals surface area contributed by atoms with Gasteiger partial charge in [-0.3, -0.25) is 0 Å². The number of esters is 1. The maximum absolute atomic E-state index is 11.2. The maximum Gasteiger partial charge on any atom is 0.330 e. The van der Waals surface area contributed by atoms with Crippen molar-refractivity contribution >= 4 is 17.0 Å². The van der Waals surface area contributed by atoms with E-state index in [1.165, 1.54) is 4.80 Å². The van der Waals surface area contributed by atoms with Gasteiger partial charge in [0, 0.05) is 6.08 Å². The molecule has 0 aliphatic heterocycles. The number of phenolic OH excluding ortho intramolecular Hbond substituents is 1. The summed E-state index contributed by atoms with van der Waals surface area (Å²) in [5, 5.41) is 19.0. The van der Waals surface area contributed by atoms with Gasteiger partial charge in [-0.2, -0.15) is 0 Å². The maximum atomic E-state index is 11.2. The van der Waals surface area contributed by atoms with E-state index >= 15 is 0 Å². The molecule has 1 N–H and O–H groups in total. The normalized spacial score (nSPS) is 12.0. The highest BCUT2D eigenvalue weighted by atomic mass is 16.5. The Morgan fingerprint density at radius 2 is 1.96 bits per heavy atom. The van der Waals surface area contributed by atoms with Gasteiger partial charge < -0.3 is 9.84 Å². The van der Waals surface area contributed by atoms with E-state index in [1.54, 1.807) is 6.07 Å². The van der Waals surface area contributed by atoms with Gasteiger partial charge in [-0.05, 0) is 49.6 Å². The van der Waals surface area contributed by atoms with E-state index in [-0.39, 0.29) is 11.9 Å². The Morgan fingerprint density at radius 3 is 2.60 bits per heavy atom.